The first-order chi connectivity index (χ1) is 14.6. The number of piperidine rings is 1. The molecule has 2 aliphatic heterocycles. The molecule has 0 aromatic heterocycles. The van der Waals surface area contributed by atoms with Gasteiger partial charge in [0.2, 0.25) is 0 Å². The zero-order valence-corrected chi connectivity index (χ0v) is 19.2. The molecule has 3 unspecified atom stereocenters. The Hall–Kier alpha value is -1.79. The summed E-state index contributed by atoms with van der Waals surface area (Å²) in [5.41, 5.74) is 8.08. The van der Waals surface area contributed by atoms with Crippen molar-refractivity contribution in [3.8, 4) is 11.5 Å². The summed E-state index contributed by atoms with van der Waals surface area (Å²) in [4.78, 5) is 15.0. The van der Waals surface area contributed by atoms with E-state index >= 15 is 0 Å². The van der Waals surface area contributed by atoms with Gasteiger partial charge >= 0.3 is 5.97 Å². The lowest BCUT2D eigenvalue weighted by atomic mass is 9.79. The first kappa shape index (κ1) is 21.4. The van der Waals surface area contributed by atoms with Gasteiger partial charge in [-0.05, 0) is 47.9 Å². The second kappa shape index (κ2) is 9.56. The van der Waals surface area contributed by atoms with Crippen LogP contribution in [0.4, 0.5) is 0 Å². The summed E-state index contributed by atoms with van der Waals surface area (Å²) in [6, 6.07) is 2.28. The van der Waals surface area contributed by atoms with Crippen molar-refractivity contribution in [3.05, 3.63) is 23.3 Å². The summed E-state index contributed by atoms with van der Waals surface area (Å²) < 4.78 is 26.5. The van der Waals surface area contributed by atoms with Crippen LogP contribution in [0.5, 0.6) is 11.5 Å². The minimum atomic E-state index is -0.979. The van der Waals surface area contributed by atoms with Crippen molar-refractivity contribution < 1.29 is 20.4 Å². The second-order valence-corrected chi connectivity index (χ2v) is 9.35. The van der Waals surface area contributed by atoms with Crippen molar-refractivity contribution in [2.45, 2.75) is 65.1 Å². The van der Waals surface area contributed by atoms with Crippen LogP contribution in [0.25, 0.3) is 0 Å². The van der Waals surface area contributed by atoms with E-state index in [2.05, 4.69) is 18.7 Å². The minimum absolute atomic E-state index is 0.00762. The van der Waals surface area contributed by atoms with Crippen molar-refractivity contribution in [3.63, 3.8) is 0 Å². The van der Waals surface area contributed by atoms with Crippen LogP contribution in [0, 0.1) is 17.8 Å². The van der Waals surface area contributed by atoms with Crippen molar-refractivity contribution in [2.24, 2.45) is 23.5 Å². The van der Waals surface area contributed by atoms with Gasteiger partial charge in [0.25, 0.3) is 0 Å². The molecule has 1 aromatic carbocycles. The Morgan fingerprint density at radius 3 is 2.50 bits per heavy atom. The molecule has 2 aliphatic rings. The zero-order valence-electron chi connectivity index (χ0n) is 20.2. The van der Waals surface area contributed by atoms with E-state index in [4.69, 9.17) is 19.9 Å². The molecule has 4 atom stereocenters. The Labute approximate surface area is 182 Å². The van der Waals surface area contributed by atoms with Gasteiger partial charge in [0.15, 0.2) is 11.5 Å². The van der Waals surface area contributed by atoms with Gasteiger partial charge in [0.05, 0.1) is 15.6 Å². The summed E-state index contributed by atoms with van der Waals surface area (Å²) in [6.45, 7) is 9.73. The number of esters is 1. The van der Waals surface area contributed by atoms with Crippen LogP contribution in [-0.2, 0) is 16.0 Å². The maximum Gasteiger partial charge on any atom is 0.323 e. The highest BCUT2D eigenvalue weighted by Crippen LogP contribution is 2.44. The first-order valence-corrected chi connectivity index (χ1v) is 11.1. The number of fused-ring (bicyclic) bond motifs is 3. The molecular weight excluding hydrogens is 380 g/mol. The average molecular weight is 420 g/mol. The van der Waals surface area contributed by atoms with Gasteiger partial charge in [-0.2, -0.15) is 0 Å². The predicted molar refractivity (Wildman–Crippen MR) is 118 cm³/mol. The molecule has 1 aromatic rings. The van der Waals surface area contributed by atoms with Crippen LogP contribution in [0.15, 0.2) is 12.1 Å². The SMILES string of the molecule is [2H]C12CC(OC(=O)[C@@H](N)C(C)C)C(CC(C)C)CN1CCc1cc(OC)c(OC)cc12. The molecule has 30 heavy (non-hydrogen) atoms. The van der Waals surface area contributed by atoms with Gasteiger partial charge in [-0.1, -0.05) is 27.7 Å². The van der Waals surface area contributed by atoms with Crippen LogP contribution in [0.2, 0.25) is 0 Å². The minimum Gasteiger partial charge on any atom is -0.493 e. The lowest BCUT2D eigenvalue weighted by molar-refractivity contribution is -0.160. The van der Waals surface area contributed by atoms with Gasteiger partial charge in [0, 0.05) is 31.4 Å². The summed E-state index contributed by atoms with van der Waals surface area (Å²) in [7, 11) is 3.24. The van der Waals surface area contributed by atoms with Crippen LogP contribution in [0.1, 0.15) is 59.1 Å². The summed E-state index contributed by atoms with van der Waals surface area (Å²) >= 11 is 0. The predicted octanol–water partition coefficient (Wildman–Crippen LogP) is 3.56. The highest BCUT2D eigenvalue weighted by Gasteiger charge is 2.41. The number of nitrogens with zero attached hydrogens (tertiary/aromatic N) is 1. The molecule has 0 bridgehead atoms. The van der Waals surface area contributed by atoms with E-state index in [-0.39, 0.29) is 23.9 Å². The number of benzene rings is 1. The van der Waals surface area contributed by atoms with Crippen LogP contribution < -0.4 is 15.2 Å². The molecular formula is C24H38N2O4. The topological polar surface area (TPSA) is 74.0 Å². The van der Waals surface area contributed by atoms with E-state index in [0.29, 0.717) is 23.8 Å². The number of hydrogen-bond acceptors (Lipinski definition) is 6. The van der Waals surface area contributed by atoms with E-state index in [1.54, 1.807) is 14.2 Å². The molecule has 6 nitrogen and oxygen atoms in total. The molecule has 2 heterocycles. The van der Waals surface area contributed by atoms with Crippen LogP contribution in [0.3, 0.4) is 0 Å². The number of nitrogens with two attached hydrogens (primary N) is 1. The molecule has 0 aliphatic carbocycles. The highest BCUT2D eigenvalue weighted by atomic mass is 16.5. The second-order valence-electron chi connectivity index (χ2n) is 9.35. The largest absolute Gasteiger partial charge is 0.493 e. The smallest absolute Gasteiger partial charge is 0.323 e. The first-order valence-electron chi connectivity index (χ1n) is 11.6. The maximum atomic E-state index is 12.7. The highest BCUT2D eigenvalue weighted by molar-refractivity contribution is 5.76. The molecule has 3 rings (SSSR count). The molecule has 0 saturated carbocycles. The molecule has 1 fully saturated rings. The fraction of sp³-hybridized carbons (Fsp3) is 0.708. The van der Waals surface area contributed by atoms with E-state index in [0.717, 1.165) is 37.1 Å². The third-order valence-corrected chi connectivity index (χ3v) is 6.36. The van der Waals surface area contributed by atoms with Gasteiger partial charge in [-0.25, -0.2) is 0 Å². The quantitative estimate of drug-likeness (QED) is 0.681. The van der Waals surface area contributed by atoms with E-state index < -0.39 is 12.1 Å². The normalized spacial score (nSPS) is 27.8. The van der Waals surface area contributed by atoms with Gasteiger partial charge in [-0.15, -0.1) is 0 Å². The number of carbonyl (C=O) groups excluding carboxylic acids is 1. The molecule has 1 saturated heterocycles. The van der Waals surface area contributed by atoms with Gasteiger partial charge in [-0.3, -0.25) is 9.69 Å². The number of hydrogen-bond donors (Lipinski definition) is 1. The van der Waals surface area contributed by atoms with E-state index in [9.17, 15) is 6.17 Å². The summed E-state index contributed by atoms with van der Waals surface area (Å²) in [5.74, 6) is 1.60. The van der Waals surface area contributed by atoms with Gasteiger partial charge in [0.1, 0.15) is 12.1 Å². The Bertz CT molecular complexity index is 800. The Kier molecular flexibility index (Phi) is 6.84. The van der Waals surface area contributed by atoms with Crippen molar-refractivity contribution >= 4 is 5.97 Å². The molecule has 2 N–H and O–H groups in total. The summed E-state index contributed by atoms with van der Waals surface area (Å²) in [5, 5.41) is 0. The molecule has 6 heteroatoms. The lowest BCUT2D eigenvalue weighted by Gasteiger charge is -2.47. The average Bonchev–Trinajstić information content (AvgIpc) is 2.72. The molecule has 168 valence electrons. The third-order valence-electron chi connectivity index (χ3n) is 6.36. The standard InChI is InChI=1S/C24H38N2O4/c1-14(2)9-17-13-26-8-7-16-10-21(28-5)22(29-6)11-18(16)19(26)12-20(17)30-24(27)23(25)15(3)4/h10-11,14-15,17,19-20,23H,7-9,12-13,25H2,1-6H3/t17?,19?,20?,23-/m0/s1/i19D. The summed E-state index contributed by atoms with van der Waals surface area (Å²) in [6.07, 6.45) is 1.88. The van der Waals surface area contributed by atoms with Crippen molar-refractivity contribution in [1.82, 2.24) is 4.90 Å². The number of ether oxygens (including phenoxy) is 3. The molecule has 0 spiro atoms. The Balaban J connectivity index is 1.96. The molecule has 0 amide bonds. The monoisotopic (exact) mass is 419 g/mol. The van der Waals surface area contributed by atoms with Crippen molar-refractivity contribution in [1.29, 1.82) is 0 Å². The molecule has 0 radical (unpaired) electrons. The lowest BCUT2D eigenvalue weighted by Crippen LogP contribution is -2.51. The third kappa shape index (κ3) is 4.75. The zero-order chi connectivity index (χ0) is 22.9. The maximum absolute atomic E-state index is 12.7. The van der Waals surface area contributed by atoms with Crippen molar-refractivity contribution in [2.75, 3.05) is 27.3 Å². The van der Waals surface area contributed by atoms with Crippen LogP contribution in [-0.4, -0.2) is 50.3 Å². The Morgan fingerprint density at radius 2 is 1.90 bits per heavy atom. The number of methoxy groups -OCH3 is 2. The van der Waals surface area contributed by atoms with Crippen LogP contribution >= 0.6 is 0 Å². The Morgan fingerprint density at radius 1 is 1.23 bits per heavy atom. The van der Waals surface area contributed by atoms with E-state index in [1.807, 2.05) is 26.0 Å². The number of carbonyl (C=O) groups is 1. The fourth-order valence-corrected chi connectivity index (χ4v) is 4.63. The number of rotatable bonds is 7. The fourth-order valence-electron chi connectivity index (χ4n) is 4.63. The van der Waals surface area contributed by atoms with Gasteiger partial charge < -0.3 is 19.9 Å². The van der Waals surface area contributed by atoms with E-state index in [1.165, 1.54) is 0 Å².